The monoisotopic (exact) mass is 230 g/mol. The van der Waals surface area contributed by atoms with Gasteiger partial charge in [0.15, 0.2) is 0 Å². The van der Waals surface area contributed by atoms with Crippen LogP contribution in [0, 0.1) is 6.92 Å². The molecule has 0 radical (unpaired) electrons. The van der Waals surface area contributed by atoms with Gasteiger partial charge in [0.25, 0.3) is 0 Å². The predicted molar refractivity (Wildman–Crippen MR) is 48.2 cm³/mol. The molecule has 0 atom stereocenters. The zero-order valence-electron chi connectivity index (χ0n) is 6.99. The van der Waals surface area contributed by atoms with Crippen LogP contribution in [0.4, 0.5) is 0 Å². The standard InChI is InChI=1S/C7H15Si.BrH.Mg/c1-5-7-8(3,4)6-2;;/h6H,1-2,5,7H2,3-4H3;1H;/q-1;;+2/p-1. The van der Waals surface area contributed by atoms with Crippen molar-refractivity contribution in [2.24, 2.45) is 0 Å². The summed E-state index contributed by atoms with van der Waals surface area (Å²) < 4.78 is 0. The molecule has 3 heteroatoms. The third-order valence-corrected chi connectivity index (χ3v) is 4.12. The maximum Gasteiger partial charge on any atom is 2.00 e. The van der Waals surface area contributed by atoms with E-state index in [1.54, 1.807) is 0 Å². The minimum atomic E-state index is -0.976. The van der Waals surface area contributed by atoms with E-state index in [1.165, 1.54) is 6.04 Å². The van der Waals surface area contributed by atoms with Gasteiger partial charge in [-0.25, -0.2) is 0 Å². The molecule has 0 fully saturated rings. The van der Waals surface area contributed by atoms with E-state index in [2.05, 4.69) is 32.3 Å². The first kappa shape index (κ1) is 17.3. The zero-order chi connectivity index (χ0) is 6.62. The molecular weight excluding hydrogens is 216 g/mol. The maximum absolute atomic E-state index is 3.81. The Bertz CT molecular complexity index is 83.7. The largest absolute Gasteiger partial charge is 2.00 e. The van der Waals surface area contributed by atoms with Gasteiger partial charge in [-0.15, -0.1) is 12.3 Å². The van der Waals surface area contributed by atoms with Crippen LogP contribution in [-0.2, 0) is 0 Å². The van der Waals surface area contributed by atoms with Gasteiger partial charge in [0.05, 0.1) is 8.07 Å². The van der Waals surface area contributed by atoms with Crippen LogP contribution in [-0.4, -0.2) is 31.1 Å². The van der Waals surface area contributed by atoms with Crippen LogP contribution in [0.2, 0.25) is 19.1 Å². The molecular formula is C7H15BrMgSi. The zero-order valence-corrected chi connectivity index (χ0v) is 11.0. The average molecular weight is 231 g/mol. The van der Waals surface area contributed by atoms with Gasteiger partial charge in [-0.05, 0) is 0 Å². The van der Waals surface area contributed by atoms with E-state index in [0.29, 0.717) is 0 Å². The molecule has 0 spiro atoms. The van der Waals surface area contributed by atoms with Gasteiger partial charge in [0, 0.05) is 0 Å². The van der Waals surface area contributed by atoms with Crippen molar-refractivity contribution in [2.75, 3.05) is 0 Å². The van der Waals surface area contributed by atoms with Crippen LogP contribution in [0.1, 0.15) is 6.42 Å². The molecule has 0 heterocycles. The Kier molecular flexibility index (Phi) is 14.4. The number of hydrogen-bond acceptors (Lipinski definition) is 0. The third kappa shape index (κ3) is 9.20. The predicted octanol–water partition coefficient (Wildman–Crippen LogP) is -0.733. The Balaban J connectivity index is -0.000000245. The van der Waals surface area contributed by atoms with Gasteiger partial charge in [-0.1, -0.05) is 19.1 Å². The molecule has 0 bridgehead atoms. The molecule has 56 valence electrons. The molecule has 0 rings (SSSR count). The first-order valence-electron chi connectivity index (χ1n) is 3.05. The molecule has 0 aliphatic heterocycles. The van der Waals surface area contributed by atoms with E-state index in [-0.39, 0.29) is 40.0 Å². The molecule has 0 amide bonds. The van der Waals surface area contributed by atoms with Crippen LogP contribution >= 0.6 is 0 Å². The summed E-state index contributed by atoms with van der Waals surface area (Å²) in [5.74, 6) is 0. The van der Waals surface area contributed by atoms with Crippen molar-refractivity contribution in [2.45, 2.75) is 25.6 Å². The van der Waals surface area contributed by atoms with Crippen molar-refractivity contribution >= 4 is 31.1 Å². The van der Waals surface area contributed by atoms with E-state index in [4.69, 9.17) is 0 Å². The van der Waals surface area contributed by atoms with Crippen LogP contribution < -0.4 is 17.0 Å². The summed E-state index contributed by atoms with van der Waals surface area (Å²) in [5.41, 5.74) is 2.12. The summed E-state index contributed by atoms with van der Waals surface area (Å²) in [6.45, 7) is 12.2. The van der Waals surface area contributed by atoms with Crippen molar-refractivity contribution in [1.29, 1.82) is 0 Å². The fraction of sp³-hybridized carbons (Fsp3) is 0.571. The molecule has 0 aliphatic carbocycles. The van der Waals surface area contributed by atoms with E-state index >= 15 is 0 Å². The summed E-state index contributed by atoms with van der Waals surface area (Å²) in [6, 6.07) is 1.27. The quantitative estimate of drug-likeness (QED) is 0.444. The van der Waals surface area contributed by atoms with Crippen LogP contribution in [0.25, 0.3) is 0 Å². The molecule has 0 aromatic heterocycles. The maximum atomic E-state index is 3.81. The SMILES string of the molecule is C=C[Si](C)(C)CC[CH2-].[Br-].[Mg+2]. The summed E-state index contributed by atoms with van der Waals surface area (Å²) >= 11 is 0. The summed E-state index contributed by atoms with van der Waals surface area (Å²) in [4.78, 5) is 0. The molecule has 0 aromatic rings. The minimum Gasteiger partial charge on any atom is -1.00 e. The number of rotatable bonds is 3. The van der Waals surface area contributed by atoms with Crippen molar-refractivity contribution < 1.29 is 17.0 Å². The third-order valence-electron chi connectivity index (χ3n) is 1.37. The molecule has 0 aliphatic rings. The Morgan fingerprint density at radius 2 is 1.90 bits per heavy atom. The van der Waals surface area contributed by atoms with Crippen molar-refractivity contribution in [1.82, 2.24) is 0 Å². The molecule has 0 saturated carbocycles. The summed E-state index contributed by atoms with van der Waals surface area (Å²) in [6.07, 6.45) is 1.06. The first-order chi connectivity index (χ1) is 3.62. The first-order valence-corrected chi connectivity index (χ1v) is 6.33. The second-order valence-corrected chi connectivity index (χ2v) is 7.68. The second kappa shape index (κ2) is 8.30. The van der Waals surface area contributed by atoms with Gasteiger partial charge in [-0.2, -0.15) is 6.42 Å². The molecule has 0 N–H and O–H groups in total. The Morgan fingerprint density at radius 3 is 2.00 bits per heavy atom. The van der Waals surface area contributed by atoms with Crippen molar-refractivity contribution in [3.8, 4) is 0 Å². The normalized spacial score (nSPS) is 9.10. The van der Waals surface area contributed by atoms with E-state index < -0.39 is 8.07 Å². The van der Waals surface area contributed by atoms with E-state index in [0.717, 1.165) is 6.42 Å². The second-order valence-electron chi connectivity index (χ2n) is 2.80. The van der Waals surface area contributed by atoms with Gasteiger partial charge in [0.1, 0.15) is 0 Å². The van der Waals surface area contributed by atoms with Gasteiger partial charge >= 0.3 is 23.1 Å². The van der Waals surface area contributed by atoms with E-state index in [1.807, 2.05) is 0 Å². The number of hydrogen-bond donors (Lipinski definition) is 0. The fourth-order valence-electron chi connectivity index (χ4n) is 0.558. The summed E-state index contributed by atoms with van der Waals surface area (Å²) in [7, 11) is -0.976. The topological polar surface area (TPSA) is 0 Å². The molecule has 0 unspecified atom stereocenters. The van der Waals surface area contributed by atoms with Crippen molar-refractivity contribution in [3.05, 3.63) is 19.2 Å². The van der Waals surface area contributed by atoms with E-state index in [9.17, 15) is 0 Å². The summed E-state index contributed by atoms with van der Waals surface area (Å²) in [5, 5.41) is 0. The molecule has 0 saturated heterocycles. The van der Waals surface area contributed by atoms with Crippen LogP contribution in [0.3, 0.4) is 0 Å². The molecule has 0 aromatic carbocycles. The Hall–Kier alpha value is 1.20. The Morgan fingerprint density at radius 1 is 1.50 bits per heavy atom. The minimum absolute atomic E-state index is 0. The fourth-order valence-corrected chi connectivity index (χ4v) is 1.67. The van der Waals surface area contributed by atoms with Crippen LogP contribution in [0.5, 0.6) is 0 Å². The Labute approximate surface area is 92.4 Å². The average Bonchev–Trinajstić information content (AvgIpc) is 1.67. The van der Waals surface area contributed by atoms with Gasteiger partial charge in [0.2, 0.25) is 0 Å². The van der Waals surface area contributed by atoms with Crippen LogP contribution in [0.15, 0.2) is 12.3 Å². The molecule has 0 nitrogen and oxygen atoms in total. The van der Waals surface area contributed by atoms with Gasteiger partial charge < -0.3 is 23.9 Å². The smallest absolute Gasteiger partial charge is 1.00 e. The molecule has 10 heavy (non-hydrogen) atoms. The van der Waals surface area contributed by atoms with Gasteiger partial charge in [-0.3, -0.25) is 0 Å². The van der Waals surface area contributed by atoms with Crippen molar-refractivity contribution in [3.63, 3.8) is 0 Å². The number of halogens is 1.